The molecule has 178 valence electrons. The zero-order valence-electron chi connectivity index (χ0n) is 19.5. The summed E-state index contributed by atoms with van der Waals surface area (Å²) in [7, 11) is 0. The summed E-state index contributed by atoms with van der Waals surface area (Å²) in [6.45, 7) is 4.62. The van der Waals surface area contributed by atoms with Crippen molar-refractivity contribution in [1.29, 1.82) is 0 Å². The van der Waals surface area contributed by atoms with E-state index in [4.69, 9.17) is 16.3 Å². The number of halogens is 1. The van der Waals surface area contributed by atoms with Gasteiger partial charge >= 0.3 is 0 Å². The quantitative estimate of drug-likeness (QED) is 0.247. The molecule has 0 aliphatic carbocycles. The molecule has 35 heavy (non-hydrogen) atoms. The number of ether oxygens (including phenoxy) is 1. The summed E-state index contributed by atoms with van der Waals surface area (Å²) >= 11 is 6.36. The summed E-state index contributed by atoms with van der Waals surface area (Å²) in [5.74, 6) is -0.493. The number of benzene rings is 3. The number of β-lactam (4-membered cyclic amide) rings is 1. The highest BCUT2D eigenvalue weighted by atomic mass is 35.5. The Labute approximate surface area is 209 Å². The number of imide groups is 1. The van der Waals surface area contributed by atoms with Crippen LogP contribution in [0.5, 0.6) is 5.75 Å². The van der Waals surface area contributed by atoms with E-state index in [9.17, 15) is 14.4 Å². The van der Waals surface area contributed by atoms with E-state index in [-0.39, 0.29) is 5.91 Å². The van der Waals surface area contributed by atoms with E-state index in [1.165, 1.54) is 0 Å². The van der Waals surface area contributed by atoms with Crippen LogP contribution in [0.15, 0.2) is 66.7 Å². The van der Waals surface area contributed by atoms with Gasteiger partial charge in [-0.05, 0) is 60.9 Å². The van der Waals surface area contributed by atoms with Crippen LogP contribution in [0.25, 0.3) is 0 Å². The predicted octanol–water partition coefficient (Wildman–Crippen LogP) is 5.58. The summed E-state index contributed by atoms with van der Waals surface area (Å²) in [6, 6.07) is 18.1. The van der Waals surface area contributed by atoms with Crippen LogP contribution < -0.4 is 9.64 Å². The molecule has 2 unspecified atom stereocenters. The van der Waals surface area contributed by atoms with Crippen molar-refractivity contribution in [3.05, 3.63) is 94.0 Å². The number of nitrogens with zero attached hydrogens (tertiary/aromatic N) is 2. The number of aryl methyl sites for hydroxylation is 1. The number of amides is 3. The van der Waals surface area contributed by atoms with Gasteiger partial charge in [0.15, 0.2) is 0 Å². The van der Waals surface area contributed by atoms with E-state index >= 15 is 0 Å². The fourth-order valence-corrected chi connectivity index (χ4v) is 4.81. The van der Waals surface area contributed by atoms with Crippen molar-refractivity contribution in [2.75, 3.05) is 11.5 Å². The molecule has 3 amide bonds. The van der Waals surface area contributed by atoms with E-state index in [0.29, 0.717) is 28.4 Å². The second-order valence-electron chi connectivity index (χ2n) is 8.83. The third-order valence-electron chi connectivity index (χ3n) is 6.59. The number of fused-ring (bicyclic) bond motifs is 1. The first-order chi connectivity index (χ1) is 16.9. The van der Waals surface area contributed by atoms with Crippen molar-refractivity contribution in [2.45, 2.75) is 38.8 Å². The molecule has 0 saturated carbocycles. The van der Waals surface area contributed by atoms with Crippen LogP contribution in [0.3, 0.4) is 0 Å². The zero-order valence-corrected chi connectivity index (χ0v) is 20.3. The lowest BCUT2D eigenvalue weighted by Crippen LogP contribution is -2.67. The third kappa shape index (κ3) is 3.88. The van der Waals surface area contributed by atoms with Gasteiger partial charge in [0.1, 0.15) is 11.8 Å². The Morgan fingerprint density at radius 2 is 1.51 bits per heavy atom. The van der Waals surface area contributed by atoms with Crippen molar-refractivity contribution in [3.63, 3.8) is 0 Å². The van der Waals surface area contributed by atoms with Crippen LogP contribution in [-0.2, 0) is 4.79 Å². The summed E-state index contributed by atoms with van der Waals surface area (Å²) in [5.41, 5.74) is 2.95. The highest BCUT2D eigenvalue weighted by Gasteiger charge is 2.57. The van der Waals surface area contributed by atoms with Crippen LogP contribution in [-0.4, -0.2) is 35.3 Å². The van der Waals surface area contributed by atoms with Gasteiger partial charge in [-0.25, -0.2) is 0 Å². The topological polar surface area (TPSA) is 66.9 Å². The maximum absolute atomic E-state index is 13.5. The predicted molar refractivity (Wildman–Crippen MR) is 134 cm³/mol. The van der Waals surface area contributed by atoms with Crippen molar-refractivity contribution < 1.29 is 19.1 Å². The molecule has 6 nitrogen and oxygen atoms in total. The molecule has 0 N–H and O–H groups in total. The molecule has 2 atom stereocenters. The Hall–Kier alpha value is -3.64. The van der Waals surface area contributed by atoms with E-state index in [1.807, 2.05) is 43.3 Å². The lowest BCUT2D eigenvalue weighted by Gasteiger charge is -2.49. The van der Waals surface area contributed by atoms with Crippen molar-refractivity contribution in [1.82, 2.24) is 4.90 Å². The standard InChI is InChI=1S/C28H25ClN2O4/c1-3-4-15-35-20-13-10-18(11-14-20)24-25(28(34)30(24)19-12-9-17(2)23(29)16-19)31-26(32)21-7-5-6-8-22(21)27(31)33/h5-14,16,24-25H,3-4,15H2,1-2H3. The Bertz CT molecular complexity index is 1290. The maximum atomic E-state index is 13.5. The van der Waals surface area contributed by atoms with Crippen molar-refractivity contribution in [2.24, 2.45) is 0 Å². The average Bonchev–Trinajstić information content (AvgIpc) is 3.11. The molecule has 0 aromatic heterocycles. The van der Waals surface area contributed by atoms with Gasteiger partial charge < -0.3 is 9.64 Å². The fraction of sp³-hybridized carbons (Fsp3) is 0.250. The van der Waals surface area contributed by atoms with Crippen molar-refractivity contribution in [3.8, 4) is 5.75 Å². The zero-order chi connectivity index (χ0) is 24.7. The Balaban J connectivity index is 1.52. The Morgan fingerprint density at radius 3 is 2.11 bits per heavy atom. The van der Waals surface area contributed by atoms with Crippen LogP contribution in [0.1, 0.15) is 57.7 Å². The Kier molecular flexibility index (Phi) is 6.07. The summed E-state index contributed by atoms with van der Waals surface area (Å²) < 4.78 is 5.78. The van der Waals surface area contributed by atoms with Crippen LogP contribution >= 0.6 is 11.6 Å². The maximum Gasteiger partial charge on any atom is 0.262 e. The van der Waals surface area contributed by atoms with Gasteiger partial charge in [-0.1, -0.05) is 55.3 Å². The number of hydrogen-bond acceptors (Lipinski definition) is 4. The average molecular weight is 489 g/mol. The molecule has 0 radical (unpaired) electrons. The molecule has 2 aliphatic heterocycles. The molecule has 2 heterocycles. The van der Waals surface area contributed by atoms with Crippen LogP contribution in [0.4, 0.5) is 5.69 Å². The van der Waals surface area contributed by atoms with Gasteiger partial charge in [0.2, 0.25) is 0 Å². The monoisotopic (exact) mass is 488 g/mol. The molecule has 0 bridgehead atoms. The van der Waals surface area contributed by atoms with Gasteiger partial charge in [-0.2, -0.15) is 0 Å². The molecule has 0 spiro atoms. The molecule has 2 aliphatic rings. The summed E-state index contributed by atoms with van der Waals surface area (Å²) in [6.07, 6.45) is 2.00. The third-order valence-corrected chi connectivity index (χ3v) is 7.00. The molecular weight excluding hydrogens is 464 g/mol. The molecule has 3 aromatic rings. The number of unbranched alkanes of at least 4 members (excludes halogenated alkanes) is 1. The smallest absolute Gasteiger partial charge is 0.262 e. The molecule has 1 fully saturated rings. The number of carbonyl (C=O) groups is 3. The lowest BCUT2D eigenvalue weighted by atomic mass is 9.86. The second-order valence-corrected chi connectivity index (χ2v) is 9.24. The highest BCUT2D eigenvalue weighted by Crippen LogP contribution is 2.45. The molecular formula is C28H25ClN2O4. The van der Waals surface area contributed by atoms with Crippen molar-refractivity contribution >= 4 is 35.0 Å². The largest absolute Gasteiger partial charge is 0.494 e. The highest BCUT2D eigenvalue weighted by molar-refractivity contribution is 6.32. The van der Waals surface area contributed by atoms with Gasteiger partial charge in [-0.15, -0.1) is 0 Å². The SMILES string of the molecule is CCCCOc1ccc(C2C(N3C(=O)c4ccccc4C3=O)C(=O)N2c2ccc(C)c(Cl)c2)cc1. The first-order valence-electron chi connectivity index (χ1n) is 11.7. The van der Waals surface area contributed by atoms with E-state index in [0.717, 1.165) is 34.6 Å². The second kappa shape index (κ2) is 9.19. The van der Waals surface area contributed by atoms with E-state index < -0.39 is 23.9 Å². The van der Waals surface area contributed by atoms with Gasteiger partial charge in [0.25, 0.3) is 17.7 Å². The molecule has 1 saturated heterocycles. The molecule has 7 heteroatoms. The number of carbonyl (C=O) groups excluding carboxylic acids is 3. The first-order valence-corrected chi connectivity index (χ1v) is 12.1. The lowest BCUT2D eigenvalue weighted by molar-refractivity contribution is -0.130. The normalized spacial score (nSPS) is 19.1. The molecule has 5 rings (SSSR count). The Morgan fingerprint density at radius 1 is 0.857 bits per heavy atom. The number of rotatable bonds is 7. The minimum atomic E-state index is -0.950. The van der Waals surface area contributed by atoms with E-state index in [1.54, 1.807) is 35.2 Å². The number of anilines is 1. The number of hydrogen-bond donors (Lipinski definition) is 0. The van der Waals surface area contributed by atoms with Gasteiger partial charge in [0, 0.05) is 10.7 Å². The van der Waals surface area contributed by atoms with Gasteiger partial charge in [-0.3, -0.25) is 19.3 Å². The van der Waals surface area contributed by atoms with E-state index in [2.05, 4.69) is 6.92 Å². The summed E-state index contributed by atoms with van der Waals surface area (Å²) in [5, 5.41) is 0.540. The minimum Gasteiger partial charge on any atom is -0.494 e. The molecule has 3 aromatic carbocycles. The van der Waals surface area contributed by atoms with Gasteiger partial charge in [0.05, 0.1) is 23.8 Å². The summed E-state index contributed by atoms with van der Waals surface area (Å²) in [4.78, 5) is 42.6. The minimum absolute atomic E-state index is 0.320. The van der Waals surface area contributed by atoms with Crippen LogP contribution in [0.2, 0.25) is 5.02 Å². The van der Waals surface area contributed by atoms with Crippen LogP contribution in [0, 0.1) is 6.92 Å². The fourth-order valence-electron chi connectivity index (χ4n) is 4.63. The first kappa shape index (κ1) is 23.1.